The van der Waals surface area contributed by atoms with E-state index in [1.807, 2.05) is 12.1 Å². The Morgan fingerprint density at radius 3 is 2.26 bits per heavy atom. The summed E-state index contributed by atoms with van der Waals surface area (Å²) in [7, 11) is 3.43. The fourth-order valence-electron chi connectivity index (χ4n) is 1.65. The first-order valence-corrected chi connectivity index (χ1v) is 6.77. The van der Waals surface area contributed by atoms with Crippen molar-refractivity contribution in [2.75, 3.05) is 40.6 Å². The fraction of sp³-hybridized carbons (Fsp3) is 0.600. The molecular formula is C15H25NO3. The second kappa shape index (κ2) is 10.8. The topological polar surface area (TPSA) is 39.7 Å². The average Bonchev–Trinajstić information content (AvgIpc) is 2.45. The van der Waals surface area contributed by atoms with Crippen LogP contribution in [0.15, 0.2) is 24.3 Å². The van der Waals surface area contributed by atoms with Crippen LogP contribution in [0.4, 0.5) is 0 Å². The second-order valence-electron chi connectivity index (χ2n) is 4.36. The van der Waals surface area contributed by atoms with Crippen LogP contribution >= 0.6 is 0 Å². The second-order valence-corrected chi connectivity index (χ2v) is 4.36. The number of benzene rings is 1. The lowest BCUT2D eigenvalue weighted by Gasteiger charge is -2.08. The molecule has 0 fully saturated rings. The summed E-state index contributed by atoms with van der Waals surface area (Å²) in [5.41, 5.74) is 1.25. The molecule has 0 aliphatic heterocycles. The highest BCUT2D eigenvalue weighted by Crippen LogP contribution is 2.12. The van der Waals surface area contributed by atoms with Crippen molar-refractivity contribution in [2.45, 2.75) is 19.4 Å². The summed E-state index contributed by atoms with van der Waals surface area (Å²) in [6.45, 7) is 4.01. The zero-order chi connectivity index (χ0) is 13.8. The van der Waals surface area contributed by atoms with Crippen LogP contribution < -0.4 is 10.1 Å². The average molecular weight is 267 g/mol. The minimum Gasteiger partial charge on any atom is -0.494 e. The third-order valence-corrected chi connectivity index (χ3v) is 2.75. The van der Waals surface area contributed by atoms with Crippen molar-refractivity contribution in [1.29, 1.82) is 0 Å². The Hall–Kier alpha value is -1.10. The first-order chi connectivity index (χ1) is 9.36. The summed E-state index contributed by atoms with van der Waals surface area (Å²) in [5, 5.41) is 3.31. The van der Waals surface area contributed by atoms with Crippen molar-refractivity contribution in [3.8, 4) is 5.75 Å². The van der Waals surface area contributed by atoms with Gasteiger partial charge in [-0.25, -0.2) is 0 Å². The summed E-state index contributed by atoms with van der Waals surface area (Å²) >= 11 is 0. The molecule has 0 aromatic heterocycles. The van der Waals surface area contributed by atoms with Crippen molar-refractivity contribution in [3.05, 3.63) is 29.8 Å². The van der Waals surface area contributed by atoms with Gasteiger partial charge in [0.25, 0.3) is 0 Å². The highest BCUT2D eigenvalue weighted by molar-refractivity contribution is 5.27. The summed E-state index contributed by atoms with van der Waals surface area (Å²) < 4.78 is 15.6. The van der Waals surface area contributed by atoms with Crippen molar-refractivity contribution < 1.29 is 14.2 Å². The van der Waals surface area contributed by atoms with E-state index in [4.69, 9.17) is 14.2 Å². The number of rotatable bonds is 11. The third kappa shape index (κ3) is 7.82. The summed E-state index contributed by atoms with van der Waals surface area (Å²) in [6.07, 6.45) is 2.06. The molecule has 0 spiro atoms. The Labute approximate surface area is 116 Å². The smallest absolute Gasteiger partial charge is 0.119 e. The number of nitrogens with one attached hydrogen (secondary N) is 1. The molecule has 108 valence electrons. The van der Waals surface area contributed by atoms with Gasteiger partial charge in [-0.2, -0.15) is 0 Å². The predicted molar refractivity (Wildman–Crippen MR) is 76.6 cm³/mol. The van der Waals surface area contributed by atoms with E-state index in [1.54, 1.807) is 14.2 Å². The van der Waals surface area contributed by atoms with E-state index in [0.29, 0.717) is 0 Å². The van der Waals surface area contributed by atoms with Crippen LogP contribution in [0.3, 0.4) is 0 Å². The fourth-order valence-corrected chi connectivity index (χ4v) is 1.65. The number of methoxy groups -OCH3 is 2. The molecule has 1 rings (SSSR count). The lowest BCUT2D eigenvalue weighted by molar-refractivity contribution is 0.184. The van der Waals surface area contributed by atoms with Crippen LogP contribution in [0.5, 0.6) is 5.75 Å². The molecule has 1 aromatic rings. The Bertz CT molecular complexity index is 314. The third-order valence-electron chi connectivity index (χ3n) is 2.75. The van der Waals surface area contributed by atoms with Crippen molar-refractivity contribution in [1.82, 2.24) is 5.32 Å². The number of hydrogen-bond acceptors (Lipinski definition) is 4. The highest BCUT2D eigenvalue weighted by atomic mass is 16.5. The van der Waals surface area contributed by atoms with Crippen LogP contribution in [0.25, 0.3) is 0 Å². The molecule has 0 unspecified atom stereocenters. The van der Waals surface area contributed by atoms with Crippen LogP contribution in [-0.2, 0) is 16.0 Å². The molecule has 0 saturated carbocycles. The molecule has 0 saturated heterocycles. The lowest BCUT2D eigenvalue weighted by atomic mass is 10.2. The van der Waals surface area contributed by atoms with Crippen molar-refractivity contribution in [2.24, 2.45) is 0 Å². The van der Waals surface area contributed by atoms with E-state index in [1.165, 1.54) is 5.56 Å². The maximum Gasteiger partial charge on any atom is 0.119 e. The zero-order valence-electron chi connectivity index (χ0n) is 12.0. The van der Waals surface area contributed by atoms with Crippen LogP contribution in [-0.4, -0.2) is 40.6 Å². The SMILES string of the molecule is COCCCCOc1ccc(CNCCOC)cc1. The minimum absolute atomic E-state index is 0.739. The molecule has 19 heavy (non-hydrogen) atoms. The molecule has 0 atom stereocenters. The first-order valence-electron chi connectivity index (χ1n) is 6.77. The molecule has 0 bridgehead atoms. The van der Waals surface area contributed by atoms with E-state index in [2.05, 4.69) is 17.4 Å². The normalized spacial score (nSPS) is 10.6. The summed E-state index contributed by atoms with van der Waals surface area (Å²) in [6, 6.07) is 8.21. The molecule has 4 heteroatoms. The van der Waals surface area contributed by atoms with E-state index < -0.39 is 0 Å². The van der Waals surface area contributed by atoms with Gasteiger partial charge in [0, 0.05) is 33.9 Å². The van der Waals surface area contributed by atoms with Gasteiger partial charge >= 0.3 is 0 Å². The standard InChI is InChI=1S/C15H25NO3/c1-17-10-3-4-11-19-15-7-5-14(6-8-15)13-16-9-12-18-2/h5-8,16H,3-4,9-13H2,1-2H3. The Balaban J connectivity index is 2.16. The van der Waals surface area contributed by atoms with Crippen molar-refractivity contribution in [3.63, 3.8) is 0 Å². The van der Waals surface area contributed by atoms with E-state index >= 15 is 0 Å². The molecular weight excluding hydrogens is 242 g/mol. The van der Waals surface area contributed by atoms with E-state index in [-0.39, 0.29) is 0 Å². The maximum absolute atomic E-state index is 5.65. The largest absolute Gasteiger partial charge is 0.494 e. The van der Waals surface area contributed by atoms with Gasteiger partial charge in [-0.05, 0) is 30.5 Å². The summed E-state index contributed by atoms with van der Waals surface area (Å²) in [5.74, 6) is 0.929. The van der Waals surface area contributed by atoms with Crippen LogP contribution in [0, 0.1) is 0 Å². The van der Waals surface area contributed by atoms with Gasteiger partial charge in [0.1, 0.15) is 5.75 Å². The summed E-state index contributed by atoms with van der Waals surface area (Å²) in [4.78, 5) is 0. The maximum atomic E-state index is 5.65. The monoisotopic (exact) mass is 267 g/mol. The van der Waals surface area contributed by atoms with E-state index in [9.17, 15) is 0 Å². The van der Waals surface area contributed by atoms with Gasteiger partial charge in [0.05, 0.1) is 13.2 Å². The molecule has 0 heterocycles. The first kappa shape index (κ1) is 16.0. The molecule has 1 N–H and O–H groups in total. The van der Waals surface area contributed by atoms with Gasteiger partial charge < -0.3 is 19.5 Å². The molecule has 0 aliphatic rings. The highest BCUT2D eigenvalue weighted by Gasteiger charge is 1.96. The number of ether oxygens (including phenoxy) is 3. The molecule has 0 radical (unpaired) electrons. The number of unbranched alkanes of at least 4 members (excludes halogenated alkanes) is 1. The van der Waals surface area contributed by atoms with Crippen LogP contribution in [0.1, 0.15) is 18.4 Å². The molecule has 0 amide bonds. The zero-order valence-corrected chi connectivity index (χ0v) is 12.0. The quantitative estimate of drug-likeness (QED) is 0.624. The molecule has 1 aromatic carbocycles. The van der Waals surface area contributed by atoms with Gasteiger partial charge in [-0.1, -0.05) is 12.1 Å². The van der Waals surface area contributed by atoms with Gasteiger partial charge in [0.15, 0.2) is 0 Å². The van der Waals surface area contributed by atoms with Gasteiger partial charge in [-0.15, -0.1) is 0 Å². The minimum atomic E-state index is 0.739. The predicted octanol–water partition coefficient (Wildman–Crippen LogP) is 2.23. The Morgan fingerprint density at radius 2 is 1.58 bits per heavy atom. The lowest BCUT2D eigenvalue weighted by Crippen LogP contribution is -2.18. The Kier molecular flexibility index (Phi) is 9.06. The number of hydrogen-bond donors (Lipinski definition) is 1. The van der Waals surface area contributed by atoms with Crippen molar-refractivity contribution >= 4 is 0 Å². The molecule has 4 nitrogen and oxygen atoms in total. The van der Waals surface area contributed by atoms with E-state index in [0.717, 1.165) is 51.5 Å². The Morgan fingerprint density at radius 1 is 0.895 bits per heavy atom. The van der Waals surface area contributed by atoms with Crippen LogP contribution in [0.2, 0.25) is 0 Å². The van der Waals surface area contributed by atoms with Gasteiger partial charge in [0.2, 0.25) is 0 Å². The van der Waals surface area contributed by atoms with Gasteiger partial charge in [-0.3, -0.25) is 0 Å². The molecule has 0 aliphatic carbocycles.